The topological polar surface area (TPSA) is 106 Å². The summed E-state index contributed by atoms with van der Waals surface area (Å²) in [5.74, 6) is 0.0274. The van der Waals surface area contributed by atoms with Crippen LogP contribution in [-0.2, 0) is 16.1 Å². The number of carbonyl (C=O) groups is 2. The number of aliphatic hydroxyl groups is 1. The predicted molar refractivity (Wildman–Crippen MR) is 142 cm³/mol. The van der Waals surface area contributed by atoms with E-state index in [-0.39, 0.29) is 34.9 Å². The third kappa shape index (κ3) is 5.44. The van der Waals surface area contributed by atoms with E-state index in [9.17, 15) is 19.8 Å². The van der Waals surface area contributed by atoms with E-state index in [2.05, 4.69) is 13.8 Å². The summed E-state index contributed by atoms with van der Waals surface area (Å²) >= 11 is 0. The molecule has 0 bridgehead atoms. The van der Waals surface area contributed by atoms with Crippen molar-refractivity contribution in [1.29, 1.82) is 0 Å². The Balaban J connectivity index is 1.77. The van der Waals surface area contributed by atoms with Crippen LogP contribution in [-0.4, -0.2) is 47.6 Å². The highest BCUT2D eigenvalue weighted by molar-refractivity contribution is 6.46. The molecule has 2 N–H and O–H groups in total. The van der Waals surface area contributed by atoms with Gasteiger partial charge in [0.25, 0.3) is 11.7 Å². The van der Waals surface area contributed by atoms with E-state index in [1.807, 2.05) is 24.3 Å². The number of hydrogen-bond donors (Lipinski definition) is 2. The summed E-state index contributed by atoms with van der Waals surface area (Å²) in [6.07, 6.45) is 0. The zero-order valence-corrected chi connectivity index (χ0v) is 21.8. The number of ketones is 1. The number of amides is 1. The van der Waals surface area contributed by atoms with Crippen LogP contribution in [0.25, 0.3) is 5.76 Å². The van der Waals surface area contributed by atoms with Crippen LogP contribution >= 0.6 is 0 Å². The van der Waals surface area contributed by atoms with Gasteiger partial charge >= 0.3 is 0 Å². The molecule has 0 radical (unpaired) electrons. The summed E-state index contributed by atoms with van der Waals surface area (Å²) in [5.41, 5.74) is 1.53. The number of methoxy groups -OCH3 is 2. The minimum atomic E-state index is -0.890. The molecule has 4 rings (SSSR count). The molecular formula is C30H31NO7. The molecule has 3 aromatic carbocycles. The van der Waals surface area contributed by atoms with Crippen LogP contribution in [0, 0.1) is 5.92 Å². The lowest BCUT2D eigenvalue weighted by atomic mass is 9.94. The van der Waals surface area contributed by atoms with Gasteiger partial charge in [-0.2, -0.15) is 0 Å². The third-order valence-electron chi connectivity index (χ3n) is 6.27. The van der Waals surface area contributed by atoms with Gasteiger partial charge in [-0.25, -0.2) is 0 Å². The Morgan fingerprint density at radius 2 is 1.58 bits per heavy atom. The molecule has 8 heteroatoms. The molecule has 0 spiro atoms. The van der Waals surface area contributed by atoms with E-state index in [0.717, 1.165) is 5.56 Å². The first-order valence-corrected chi connectivity index (χ1v) is 12.2. The molecule has 1 heterocycles. The van der Waals surface area contributed by atoms with Gasteiger partial charge in [0, 0.05) is 12.6 Å². The quantitative estimate of drug-likeness (QED) is 0.232. The van der Waals surface area contributed by atoms with E-state index in [1.54, 1.807) is 30.3 Å². The maximum absolute atomic E-state index is 13.4. The van der Waals surface area contributed by atoms with E-state index in [1.165, 1.54) is 31.3 Å². The van der Waals surface area contributed by atoms with E-state index in [4.69, 9.17) is 14.2 Å². The molecule has 8 nitrogen and oxygen atoms in total. The lowest BCUT2D eigenvalue weighted by Gasteiger charge is -2.25. The summed E-state index contributed by atoms with van der Waals surface area (Å²) in [6.45, 7) is 4.84. The van der Waals surface area contributed by atoms with Gasteiger partial charge in [-0.05, 0) is 53.4 Å². The van der Waals surface area contributed by atoms with Crippen LogP contribution in [0.3, 0.4) is 0 Å². The Morgan fingerprint density at radius 1 is 0.921 bits per heavy atom. The van der Waals surface area contributed by atoms with Crippen molar-refractivity contribution < 1.29 is 34.0 Å². The lowest BCUT2D eigenvalue weighted by molar-refractivity contribution is -0.140. The fraction of sp³-hybridized carbons (Fsp3) is 0.267. The Hall–Kier alpha value is -4.46. The molecule has 1 atom stereocenters. The van der Waals surface area contributed by atoms with Crippen molar-refractivity contribution >= 4 is 17.4 Å². The molecular weight excluding hydrogens is 486 g/mol. The molecule has 0 aliphatic carbocycles. The van der Waals surface area contributed by atoms with Crippen molar-refractivity contribution in [1.82, 2.24) is 4.90 Å². The summed E-state index contributed by atoms with van der Waals surface area (Å²) in [6, 6.07) is 17.4. The van der Waals surface area contributed by atoms with Gasteiger partial charge in [0.05, 0.1) is 38.0 Å². The smallest absolute Gasteiger partial charge is 0.295 e. The zero-order valence-electron chi connectivity index (χ0n) is 21.8. The number of aromatic hydroxyl groups is 1. The lowest BCUT2D eigenvalue weighted by Crippen LogP contribution is -2.29. The number of phenols is 1. The standard InChI is InChI=1S/C30H31NO7/c1-18(2)17-38-22-11-5-19(6-12-22)16-31-27(20-7-9-21(32)10-8-20)26(29(34)30(31)35)28(33)24-14-13-23(36-3)15-25(24)37-4/h5-15,18,27,32-33H,16-17H2,1-4H3/b28-26-. The normalized spacial score (nSPS) is 16.7. The van der Waals surface area contributed by atoms with Crippen LogP contribution in [0.1, 0.15) is 36.6 Å². The van der Waals surface area contributed by atoms with Gasteiger partial charge in [-0.15, -0.1) is 0 Å². The summed E-state index contributed by atoms with van der Waals surface area (Å²) < 4.78 is 16.4. The molecule has 1 fully saturated rings. The highest BCUT2D eigenvalue weighted by Gasteiger charge is 2.46. The Morgan fingerprint density at radius 3 is 2.18 bits per heavy atom. The van der Waals surface area contributed by atoms with Crippen LogP contribution < -0.4 is 14.2 Å². The van der Waals surface area contributed by atoms with Crippen LogP contribution in [0.5, 0.6) is 23.0 Å². The minimum Gasteiger partial charge on any atom is -0.508 e. The first kappa shape index (κ1) is 26.6. The molecule has 1 amide bonds. The molecule has 198 valence electrons. The van der Waals surface area contributed by atoms with Gasteiger partial charge in [0.1, 0.15) is 28.8 Å². The molecule has 0 saturated carbocycles. The highest BCUT2D eigenvalue weighted by Crippen LogP contribution is 2.42. The first-order valence-electron chi connectivity index (χ1n) is 12.2. The number of likely N-dealkylation sites (tertiary alicyclic amines) is 1. The van der Waals surface area contributed by atoms with Crippen molar-refractivity contribution in [3.63, 3.8) is 0 Å². The van der Waals surface area contributed by atoms with E-state index in [0.29, 0.717) is 29.6 Å². The second-order valence-electron chi connectivity index (χ2n) is 9.43. The second-order valence-corrected chi connectivity index (χ2v) is 9.43. The van der Waals surface area contributed by atoms with Crippen molar-refractivity contribution in [3.8, 4) is 23.0 Å². The third-order valence-corrected chi connectivity index (χ3v) is 6.27. The van der Waals surface area contributed by atoms with Crippen molar-refractivity contribution in [2.75, 3.05) is 20.8 Å². The zero-order chi connectivity index (χ0) is 27.4. The largest absolute Gasteiger partial charge is 0.508 e. The molecule has 1 unspecified atom stereocenters. The van der Waals surface area contributed by atoms with Gasteiger partial charge in [-0.3, -0.25) is 9.59 Å². The molecule has 1 aliphatic heterocycles. The number of benzene rings is 3. The number of nitrogens with zero attached hydrogens (tertiary/aromatic N) is 1. The van der Waals surface area contributed by atoms with E-state index >= 15 is 0 Å². The number of hydrogen-bond acceptors (Lipinski definition) is 7. The van der Waals surface area contributed by atoms with Gasteiger partial charge < -0.3 is 29.3 Å². The number of carbonyl (C=O) groups excluding carboxylic acids is 2. The van der Waals surface area contributed by atoms with Gasteiger partial charge in [-0.1, -0.05) is 38.1 Å². The number of ether oxygens (including phenoxy) is 3. The molecule has 3 aromatic rings. The number of rotatable bonds is 9. The highest BCUT2D eigenvalue weighted by atomic mass is 16.5. The number of phenolic OH excluding ortho intramolecular Hbond substituents is 1. The Labute approximate surface area is 221 Å². The summed E-state index contributed by atoms with van der Waals surface area (Å²) in [7, 11) is 2.95. The molecule has 0 aromatic heterocycles. The summed E-state index contributed by atoms with van der Waals surface area (Å²) in [5, 5.41) is 21.2. The Bertz CT molecular complexity index is 1340. The van der Waals surface area contributed by atoms with Crippen molar-refractivity contribution in [2.45, 2.75) is 26.4 Å². The summed E-state index contributed by atoms with van der Waals surface area (Å²) in [4.78, 5) is 28.1. The number of aliphatic hydroxyl groups excluding tert-OH is 1. The monoisotopic (exact) mass is 517 g/mol. The second kappa shape index (κ2) is 11.3. The molecule has 1 aliphatic rings. The molecule has 1 saturated heterocycles. The molecule has 38 heavy (non-hydrogen) atoms. The van der Waals surface area contributed by atoms with E-state index < -0.39 is 17.7 Å². The predicted octanol–water partition coefficient (Wildman–Crippen LogP) is 5.07. The minimum absolute atomic E-state index is 0.0412. The van der Waals surface area contributed by atoms with Gasteiger partial charge in [0.2, 0.25) is 0 Å². The Kier molecular flexibility index (Phi) is 7.90. The average Bonchev–Trinajstić information content (AvgIpc) is 3.17. The average molecular weight is 518 g/mol. The number of Topliss-reactive ketones (excluding diaryl/α,β-unsaturated/α-hetero) is 1. The van der Waals surface area contributed by atoms with Crippen LogP contribution in [0.15, 0.2) is 72.3 Å². The van der Waals surface area contributed by atoms with Crippen LogP contribution in [0.2, 0.25) is 0 Å². The maximum atomic E-state index is 13.4. The fourth-order valence-corrected chi connectivity index (χ4v) is 4.34. The van der Waals surface area contributed by atoms with Crippen LogP contribution in [0.4, 0.5) is 0 Å². The maximum Gasteiger partial charge on any atom is 0.295 e. The fourth-order valence-electron chi connectivity index (χ4n) is 4.34. The first-order chi connectivity index (χ1) is 18.2. The van der Waals surface area contributed by atoms with Crippen molar-refractivity contribution in [2.24, 2.45) is 5.92 Å². The van der Waals surface area contributed by atoms with Gasteiger partial charge in [0.15, 0.2) is 0 Å². The van der Waals surface area contributed by atoms with Crippen molar-refractivity contribution in [3.05, 3.63) is 89.0 Å². The SMILES string of the molecule is COc1ccc(/C(O)=C2/C(=O)C(=O)N(Cc3ccc(OCC(C)C)cc3)C2c2ccc(O)cc2)c(OC)c1.